The van der Waals surface area contributed by atoms with Crippen LogP contribution >= 0.6 is 0 Å². The fraction of sp³-hybridized carbons (Fsp3) is 0.571. The highest BCUT2D eigenvalue weighted by Gasteiger charge is 2.09. The van der Waals surface area contributed by atoms with E-state index < -0.39 is 5.97 Å². The van der Waals surface area contributed by atoms with Crippen molar-refractivity contribution in [3.63, 3.8) is 0 Å². The van der Waals surface area contributed by atoms with E-state index in [4.69, 9.17) is 9.15 Å². The Bertz CT molecular complexity index is 373. The summed E-state index contributed by atoms with van der Waals surface area (Å²) in [4.78, 5) is 22.8. The average Bonchev–Trinajstić information content (AvgIpc) is 2.93. The zero-order chi connectivity index (χ0) is 13.9. The Balaban J connectivity index is 2.01. The number of unbranched alkanes of at least 4 members (excludes halogenated alkanes) is 3. The molecular formula is C14H21NO4. The molecule has 0 bridgehead atoms. The molecule has 0 unspecified atom stereocenters. The first-order valence-corrected chi connectivity index (χ1v) is 6.71. The predicted molar refractivity (Wildman–Crippen MR) is 70.8 cm³/mol. The molecule has 0 fully saturated rings. The average molecular weight is 267 g/mol. The SMILES string of the molecule is CCCCCCC(=O)NCCOC(=O)c1ccco1. The van der Waals surface area contributed by atoms with Gasteiger partial charge in [-0.2, -0.15) is 0 Å². The van der Waals surface area contributed by atoms with Crippen molar-refractivity contribution in [2.75, 3.05) is 13.2 Å². The lowest BCUT2D eigenvalue weighted by Crippen LogP contribution is -2.27. The standard InChI is InChI=1S/C14H21NO4/c1-2-3-4-5-8-13(16)15-9-11-19-14(17)12-7-6-10-18-12/h6-7,10H,2-5,8-9,11H2,1H3,(H,15,16). The van der Waals surface area contributed by atoms with E-state index in [0.29, 0.717) is 13.0 Å². The molecule has 0 saturated carbocycles. The Morgan fingerprint density at radius 2 is 2.16 bits per heavy atom. The zero-order valence-electron chi connectivity index (χ0n) is 11.3. The topological polar surface area (TPSA) is 68.5 Å². The number of esters is 1. The van der Waals surface area contributed by atoms with Crippen LogP contribution in [0.5, 0.6) is 0 Å². The maximum Gasteiger partial charge on any atom is 0.374 e. The van der Waals surface area contributed by atoms with Gasteiger partial charge in [-0.1, -0.05) is 26.2 Å². The molecule has 0 radical (unpaired) electrons. The summed E-state index contributed by atoms with van der Waals surface area (Å²) >= 11 is 0. The number of amides is 1. The van der Waals surface area contributed by atoms with Crippen LogP contribution in [-0.2, 0) is 9.53 Å². The number of carbonyl (C=O) groups is 2. The Labute approximate surface area is 113 Å². The Morgan fingerprint density at radius 1 is 1.32 bits per heavy atom. The van der Waals surface area contributed by atoms with Crippen molar-refractivity contribution in [2.45, 2.75) is 39.0 Å². The zero-order valence-corrected chi connectivity index (χ0v) is 11.3. The quantitative estimate of drug-likeness (QED) is 0.551. The highest BCUT2D eigenvalue weighted by molar-refractivity contribution is 5.86. The summed E-state index contributed by atoms with van der Waals surface area (Å²) in [6.45, 7) is 2.62. The van der Waals surface area contributed by atoms with Gasteiger partial charge in [0, 0.05) is 6.42 Å². The molecule has 0 saturated heterocycles. The molecule has 1 rings (SSSR count). The second-order valence-electron chi connectivity index (χ2n) is 4.27. The van der Waals surface area contributed by atoms with Crippen LogP contribution in [-0.4, -0.2) is 25.0 Å². The third-order valence-corrected chi connectivity index (χ3v) is 2.64. The van der Waals surface area contributed by atoms with Gasteiger partial charge in [0.15, 0.2) is 0 Å². The molecule has 0 aliphatic heterocycles. The fourth-order valence-corrected chi connectivity index (χ4v) is 1.60. The van der Waals surface area contributed by atoms with Gasteiger partial charge >= 0.3 is 5.97 Å². The molecule has 1 amide bonds. The maximum atomic E-state index is 11.4. The number of ether oxygens (including phenoxy) is 1. The summed E-state index contributed by atoms with van der Waals surface area (Å²) in [7, 11) is 0. The van der Waals surface area contributed by atoms with Crippen molar-refractivity contribution in [3.05, 3.63) is 24.2 Å². The normalized spacial score (nSPS) is 10.2. The lowest BCUT2D eigenvalue weighted by atomic mass is 10.1. The third-order valence-electron chi connectivity index (χ3n) is 2.64. The minimum atomic E-state index is -0.512. The molecule has 5 heteroatoms. The van der Waals surface area contributed by atoms with Gasteiger partial charge in [-0.25, -0.2) is 4.79 Å². The number of rotatable bonds is 9. The van der Waals surface area contributed by atoms with Gasteiger partial charge in [-0.15, -0.1) is 0 Å². The molecule has 1 N–H and O–H groups in total. The fourth-order valence-electron chi connectivity index (χ4n) is 1.60. The van der Waals surface area contributed by atoms with Crippen LogP contribution in [0.4, 0.5) is 0 Å². The van der Waals surface area contributed by atoms with Gasteiger partial charge in [0.25, 0.3) is 0 Å². The van der Waals surface area contributed by atoms with Crippen molar-refractivity contribution < 1.29 is 18.7 Å². The molecule has 0 atom stereocenters. The van der Waals surface area contributed by atoms with Gasteiger partial charge in [-0.05, 0) is 18.6 Å². The first-order valence-electron chi connectivity index (χ1n) is 6.71. The molecule has 5 nitrogen and oxygen atoms in total. The summed E-state index contributed by atoms with van der Waals surface area (Å²) in [6.07, 6.45) is 6.25. The highest BCUT2D eigenvalue weighted by atomic mass is 16.5. The number of hydrogen-bond donors (Lipinski definition) is 1. The predicted octanol–water partition coefficient (Wildman–Crippen LogP) is 2.52. The summed E-state index contributed by atoms with van der Waals surface area (Å²) in [5.41, 5.74) is 0. The second-order valence-corrected chi connectivity index (χ2v) is 4.27. The number of carbonyl (C=O) groups excluding carboxylic acids is 2. The van der Waals surface area contributed by atoms with E-state index in [1.165, 1.54) is 12.3 Å². The summed E-state index contributed by atoms with van der Waals surface area (Å²) < 4.78 is 9.82. The third kappa shape index (κ3) is 6.64. The van der Waals surface area contributed by atoms with E-state index in [2.05, 4.69) is 12.2 Å². The second kappa shape index (κ2) is 9.19. The molecule has 1 heterocycles. The summed E-state index contributed by atoms with van der Waals surface area (Å²) in [5.74, 6) is -0.335. The monoisotopic (exact) mass is 267 g/mol. The summed E-state index contributed by atoms with van der Waals surface area (Å²) in [6, 6.07) is 3.16. The Hall–Kier alpha value is -1.78. The van der Waals surface area contributed by atoms with Gasteiger partial charge in [0.2, 0.25) is 11.7 Å². The molecule has 106 valence electrons. The van der Waals surface area contributed by atoms with Crippen molar-refractivity contribution in [3.8, 4) is 0 Å². The number of hydrogen-bond acceptors (Lipinski definition) is 4. The van der Waals surface area contributed by atoms with E-state index in [1.54, 1.807) is 6.07 Å². The number of nitrogens with one attached hydrogen (secondary N) is 1. The van der Waals surface area contributed by atoms with Gasteiger partial charge in [0.05, 0.1) is 12.8 Å². The molecular weight excluding hydrogens is 246 g/mol. The van der Waals surface area contributed by atoms with Crippen LogP contribution in [0.2, 0.25) is 0 Å². The lowest BCUT2D eigenvalue weighted by Gasteiger charge is -2.05. The van der Waals surface area contributed by atoms with Gasteiger partial charge in [-0.3, -0.25) is 4.79 Å². The van der Waals surface area contributed by atoms with Crippen molar-refractivity contribution >= 4 is 11.9 Å². The lowest BCUT2D eigenvalue weighted by molar-refractivity contribution is -0.121. The molecule has 1 aromatic rings. The van der Waals surface area contributed by atoms with E-state index in [1.807, 2.05) is 0 Å². The smallest absolute Gasteiger partial charge is 0.374 e. The van der Waals surface area contributed by atoms with Crippen LogP contribution in [0.15, 0.2) is 22.8 Å². The molecule has 0 aliphatic rings. The molecule has 19 heavy (non-hydrogen) atoms. The largest absolute Gasteiger partial charge is 0.458 e. The molecule has 0 aromatic carbocycles. The van der Waals surface area contributed by atoms with Gasteiger partial charge < -0.3 is 14.5 Å². The minimum absolute atomic E-state index is 0.00477. The summed E-state index contributed by atoms with van der Waals surface area (Å²) in [5, 5.41) is 2.71. The Morgan fingerprint density at radius 3 is 2.84 bits per heavy atom. The first kappa shape index (κ1) is 15.3. The van der Waals surface area contributed by atoms with Gasteiger partial charge in [0.1, 0.15) is 6.61 Å². The van der Waals surface area contributed by atoms with E-state index >= 15 is 0 Å². The van der Waals surface area contributed by atoms with E-state index in [9.17, 15) is 9.59 Å². The van der Waals surface area contributed by atoms with Crippen molar-refractivity contribution in [2.24, 2.45) is 0 Å². The van der Waals surface area contributed by atoms with Crippen molar-refractivity contribution in [1.29, 1.82) is 0 Å². The van der Waals surface area contributed by atoms with Crippen LogP contribution in [0.1, 0.15) is 49.6 Å². The number of furan rings is 1. The van der Waals surface area contributed by atoms with Crippen LogP contribution in [0.3, 0.4) is 0 Å². The van der Waals surface area contributed by atoms with Crippen LogP contribution in [0.25, 0.3) is 0 Å². The minimum Gasteiger partial charge on any atom is -0.458 e. The molecule has 1 aromatic heterocycles. The van der Waals surface area contributed by atoms with E-state index in [-0.39, 0.29) is 18.3 Å². The van der Waals surface area contributed by atoms with E-state index in [0.717, 1.165) is 25.7 Å². The maximum absolute atomic E-state index is 11.4. The highest BCUT2D eigenvalue weighted by Crippen LogP contribution is 2.02. The van der Waals surface area contributed by atoms with Crippen LogP contribution in [0, 0.1) is 0 Å². The van der Waals surface area contributed by atoms with Crippen LogP contribution < -0.4 is 5.32 Å². The van der Waals surface area contributed by atoms with Crippen molar-refractivity contribution in [1.82, 2.24) is 5.32 Å². The molecule has 0 spiro atoms. The molecule has 0 aliphatic carbocycles. The Kier molecular flexibility index (Phi) is 7.39. The first-order chi connectivity index (χ1) is 9.24.